The van der Waals surface area contributed by atoms with Crippen LogP contribution in [0.1, 0.15) is 12.1 Å². The third-order valence-electron chi connectivity index (χ3n) is 2.72. The summed E-state index contributed by atoms with van der Waals surface area (Å²) in [6.07, 6.45) is 0.288. The average molecular weight is 271 g/mol. The highest BCUT2D eigenvalue weighted by molar-refractivity contribution is 7.13. The Balaban J connectivity index is 1.99. The predicted octanol–water partition coefficient (Wildman–Crippen LogP) is -0.372. The number of carbonyl (C=O) groups is 2. The minimum Gasteiger partial charge on any atom is -0.479 e. The summed E-state index contributed by atoms with van der Waals surface area (Å²) in [7, 11) is 0. The highest BCUT2D eigenvalue weighted by Gasteiger charge is 2.43. The van der Waals surface area contributed by atoms with Crippen LogP contribution in [0, 0.1) is 0 Å². The maximum atomic E-state index is 11.8. The van der Waals surface area contributed by atoms with E-state index in [1.54, 1.807) is 5.38 Å². The van der Waals surface area contributed by atoms with Crippen LogP contribution in [0.15, 0.2) is 5.38 Å². The zero-order valence-corrected chi connectivity index (χ0v) is 10.3. The maximum absolute atomic E-state index is 11.8. The van der Waals surface area contributed by atoms with Gasteiger partial charge in [-0.2, -0.15) is 0 Å². The number of nitrogens with one attached hydrogen (secondary N) is 1. The van der Waals surface area contributed by atoms with E-state index in [0.29, 0.717) is 17.4 Å². The summed E-state index contributed by atoms with van der Waals surface area (Å²) in [5.41, 5.74) is 4.68. The molecule has 1 aromatic rings. The Morgan fingerprint density at radius 1 is 1.67 bits per heavy atom. The first-order valence-electron chi connectivity index (χ1n) is 5.34. The number of nitrogens with zero attached hydrogens (tertiary/aromatic N) is 1. The van der Waals surface area contributed by atoms with Crippen molar-refractivity contribution in [3.05, 3.63) is 11.1 Å². The first kappa shape index (κ1) is 12.8. The molecule has 0 aromatic carbocycles. The van der Waals surface area contributed by atoms with Crippen LogP contribution in [0.2, 0.25) is 0 Å². The summed E-state index contributed by atoms with van der Waals surface area (Å²) in [5, 5.41) is 13.7. The molecular weight excluding hydrogens is 258 g/mol. The average Bonchev–Trinajstić information content (AvgIpc) is 2.89. The van der Waals surface area contributed by atoms with Crippen molar-refractivity contribution >= 4 is 28.3 Å². The maximum Gasteiger partial charge on any atom is 0.331 e. The molecular formula is C10H13N3O4S. The number of hydrogen-bond acceptors (Lipinski definition) is 6. The molecule has 0 radical (unpaired) electrons. The van der Waals surface area contributed by atoms with Crippen molar-refractivity contribution < 1.29 is 19.4 Å². The number of anilines is 1. The van der Waals surface area contributed by atoms with Gasteiger partial charge in [-0.05, 0) is 0 Å². The van der Waals surface area contributed by atoms with Crippen LogP contribution in [0.5, 0.6) is 0 Å². The van der Waals surface area contributed by atoms with Gasteiger partial charge in [0.1, 0.15) is 0 Å². The molecule has 4 N–H and O–H groups in total. The van der Waals surface area contributed by atoms with E-state index in [1.165, 1.54) is 11.3 Å². The number of thiazole rings is 1. The number of nitrogens with two attached hydrogens (primary N) is 1. The van der Waals surface area contributed by atoms with Crippen LogP contribution in [-0.2, 0) is 20.7 Å². The third-order valence-corrected chi connectivity index (χ3v) is 3.44. The van der Waals surface area contributed by atoms with Crippen molar-refractivity contribution in [3.8, 4) is 0 Å². The number of carboxylic acids is 1. The summed E-state index contributed by atoms with van der Waals surface area (Å²) in [6.45, 7) is 0.323. The van der Waals surface area contributed by atoms with Crippen LogP contribution in [0.4, 0.5) is 5.13 Å². The summed E-state index contributed by atoms with van der Waals surface area (Å²) < 4.78 is 5.05. The van der Waals surface area contributed by atoms with E-state index in [9.17, 15) is 9.59 Å². The van der Waals surface area contributed by atoms with E-state index in [4.69, 9.17) is 15.6 Å². The van der Waals surface area contributed by atoms with Gasteiger partial charge in [0.05, 0.1) is 18.7 Å². The Morgan fingerprint density at radius 3 is 2.94 bits per heavy atom. The van der Waals surface area contributed by atoms with Gasteiger partial charge in [0.25, 0.3) is 0 Å². The molecule has 1 aliphatic rings. The Hall–Kier alpha value is -1.67. The molecule has 98 valence electrons. The molecule has 0 saturated carbocycles. The van der Waals surface area contributed by atoms with Crippen molar-refractivity contribution in [2.45, 2.75) is 18.4 Å². The fraction of sp³-hybridized carbons (Fsp3) is 0.500. The lowest BCUT2D eigenvalue weighted by molar-refractivity contribution is -0.147. The van der Waals surface area contributed by atoms with E-state index >= 15 is 0 Å². The van der Waals surface area contributed by atoms with Gasteiger partial charge in [0.15, 0.2) is 10.7 Å². The smallest absolute Gasteiger partial charge is 0.331 e. The standard InChI is InChI=1S/C10H13N3O4S/c11-9-12-6(4-18-9)3-7(14)13-10(8(15)16)1-2-17-5-10/h4H,1-3,5H2,(H2,11,12)(H,13,14)(H,15,16). The molecule has 7 nitrogen and oxygen atoms in total. The van der Waals surface area contributed by atoms with Crippen molar-refractivity contribution in [2.75, 3.05) is 18.9 Å². The van der Waals surface area contributed by atoms with Crippen molar-refractivity contribution in [1.29, 1.82) is 0 Å². The van der Waals surface area contributed by atoms with Gasteiger partial charge in [0.2, 0.25) is 5.91 Å². The second-order valence-corrected chi connectivity index (χ2v) is 4.98. The fourth-order valence-corrected chi connectivity index (χ4v) is 2.33. The van der Waals surface area contributed by atoms with Gasteiger partial charge in [0, 0.05) is 18.4 Å². The van der Waals surface area contributed by atoms with E-state index in [0.717, 1.165) is 0 Å². The SMILES string of the molecule is Nc1nc(CC(=O)NC2(C(=O)O)CCOC2)cs1. The van der Waals surface area contributed by atoms with Crippen LogP contribution in [0.3, 0.4) is 0 Å². The summed E-state index contributed by atoms with van der Waals surface area (Å²) >= 11 is 1.24. The first-order chi connectivity index (χ1) is 8.52. The quantitative estimate of drug-likeness (QED) is 0.688. The normalized spacial score (nSPS) is 22.9. The highest BCUT2D eigenvalue weighted by Crippen LogP contribution is 2.19. The topological polar surface area (TPSA) is 115 Å². The third kappa shape index (κ3) is 2.59. The number of amides is 1. The van der Waals surface area contributed by atoms with Gasteiger partial charge in [-0.1, -0.05) is 0 Å². The van der Waals surface area contributed by atoms with E-state index in [2.05, 4.69) is 10.3 Å². The van der Waals surface area contributed by atoms with E-state index < -0.39 is 17.4 Å². The summed E-state index contributed by atoms with van der Waals surface area (Å²) in [6, 6.07) is 0. The fourth-order valence-electron chi connectivity index (χ4n) is 1.77. The van der Waals surface area contributed by atoms with Crippen LogP contribution < -0.4 is 11.1 Å². The van der Waals surface area contributed by atoms with E-state index in [1.807, 2.05) is 0 Å². The summed E-state index contributed by atoms with van der Waals surface area (Å²) in [4.78, 5) is 26.9. The Labute approximate surface area is 107 Å². The van der Waals surface area contributed by atoms with Gasteiger partial charge >= 0.3 is 5.97 Å². The number of aromatic nitrogens is 1. The van der Waals surface area contributed by atoms with Crippen molar-refractivity contribution in [2.24, 2.45) is 0 Å². The van der Waals surface area contributed by atoms with Gasteiger partial charge in [-0.3, -0.25) is 4.79 Å². The molecule has 18 heavy (non-hydrogen) atoms. The van der Waals surface area contributed by atoms with Crippen LogP contribution >= 0.6 is 11.3 Å². The molecule has 0 bridgehead atoms. The molecule has 1 aliphatic heterocycles. The lowest BCUT2D eigenvalue weighted by Gasteiger charge is -2.23. The molecule has 0 spiro atoms. The number of nitrogen functional groups attached to an aromatic ring is 1. The van der Waals surface area contributed by atoms with Crippen molar-refractivity contribution in [1.82, 2.24) is 10.3 Å². The largest absolute Gasteiger partial charge is 0.479 e. The number of aliphatic carboxylic acids is 1. The van der Waals surface area contributed by atoms with E-state index in [-0.39, 0.29) is 19.4 Å². The van der Waals surface area contributed by atoms with Gasteiger partial charge in [-0.15, -0.1) is 11.3 Å². The predicted molar refractivity (Wildman–Crippen MR) is 64.2 cm³/mol. The lowest BCUT2D eigenvalue weighted by atomic mass is 9.99. The number of rotatable bonds is 4. The molecule has 1 unspecified atom stereocenters. The zero-order valence-electron chi connectivity index (χ0n) is 9.51. The highest BCUT2D eigenvalue weighted by atomic mass is 32.1. The second-order valence-electron chi connectivity index (χ2n) is 4.09. The molecule has 1 saturated heterocycles. The molecule has 1 amide bonds. The molecule has 1 aromatic heterocycles. The first-order valence-corrected chi connectivity index (χ1v) is 6.22. The molecule has 2 heterocycles. The molecule has 8 heteroatoms. The number of carboxylic acid groups (broad SMARTS) is 1. The Kier molecular flexibility index (Phi) is 3.48. The molecule has 1 atom stereocenters. The molecule has 1 fully saturated rings. The Bertz CT molecular complexity index is 467. The minimum atomic E-state index is -1.31. The van der Waals surface area contributed by atoms with Gasteiger partial charge < -0.3 is 20.9 Å². The zero-order chi connectivity index (χ0) is 13.2. The van der Waals surface area contributed by atoms with Crippen LogP contribution in [-0.4, -0.2) is 40.7 Å². The minimum absolute atomic E-state index is 0.00667. The monoisotopic (exact) mass is 271 g/mol. The Morgan fingerprint density at radius 2 is 2.44 bits per heavy atom. The van der Waals surface area contributed by atoms with Crippen LogP contribution in [0.25, 0.3) is 0 Å². The molecule has 2 rings (SSSR count). The second kappa shape index (κ2) is 4.91. The summed E-state index contributed by atoms with van der Waals surface area (Å²) in [5.74, 6) is -1.47. The number of hydrogen-bond donors (Lipinski definition) is 3. The number of ether oxygens (including phenoxy) is 1. The van der Waals surface area contributed by atoms with Crippen molar-refractivity contribution in [3.63, 3.8) is 0 Å². The lowest BCUT2D eigenvalue weighted by Crippen LogP contribution is -2.55. The number of carbonyl (C=O) groups excluding carboxylic acids is 1. The van der Waals surface area contributed by atoms with Gasteiger partial charge in [-0.25, -0.2) is 9.78 Å². The molecule has 0 aliphatic carbocycles.